The van der Waals surface area contributed by atoms with Crippen molar-refractivity contribution in [3.8, 4) is 0 Å². The largest absolute Gasteiger partial charge is 0.479 e. The highest BCUT2D eigenvalue weighted by Crippen LogP contribution is 2.31. The van der Waals surface area contributed by atoms with Crippen molar-refractivity contribution >= 4 is 5.97 Å². The molecule has 1 N–H and O–H groups in total. The lowest BCUT2D eigenvalue weighted by Crippen LogP contribution is -2.42. The summed E-state index contributed by atoms with van der Waals surface area (Å²) >= 11 is 0. The Hall–Kier alpha value is -1.32. The summed E-state index contributed by atoms with van der Waals surface area (Å²) in [5.74, 6) is -0.748. The maximum absolute atomic E-state index is 11.7. The van der Waals surface area contributed by atoms with E-state index in [-0.39, 0.29) is 0 Å². The van der Waals surface area contributed by atoms with Crippen molar-refractivity contribution in [2.45, 2.75) is 58.9 Å². The Labute approximate surface area is 103 Å². The van der Waals surface area contributed by atoms with Crippen LogP contribution in [0.4, 0.5) is 0 Å². The lowest BCUT2D eigenvalue weighted by Gasteiger charge is -2.31. The molecule has 0 saturated carbocycles. The molecule has 1 rings (SSSR count). The maximum atomic E-state index is 11.7. The number of carbonyl (C=O) groups is 1. The molecule has 96 valence electrons. The van der Waals surface area contributed by atoms with E-state index in [2.05, 4.69) is 4.98 Å². The fourth-order valence-electron chi connectivity index (χ4n) is 2.44. The quantitative estimate of drug-likeness (QED) is 0.829. The Kier molecular flexibility index (Phi) is 4.32. The van der Waals surface area contributed by atoms with Crippen LogP contribution in [-0.4, -0.2) is 20.6 Å². The first-order valence-corrected chi connectivity index (χ1v) is 6.24. The van der Waals surface area contributed by atoms with E-state index in [1.165, 1.54) is 0 Å². The number of aryl methyl sites for hydroxylation is 1. The Morgan fingerprint density at radius 2 is 1.88 bits per heavy atom. The van der Waals surface area contributed by atoms with E-state index in [0.717, 1.165) is 24.2 Å². The Balaban J connectivity index is 3.29. The van der Waals surface area contributed by atoms with Gasteiger partial charge in [-0.3, -0.25) is 0 Å². The molecule has 0 bridgehead atoms. The van der Waals surface area contributed by atoms with Crippen LogP contribution in [0.25, 0.3) is 0 Å². The first-order valence-electron chi connectivity index (χ1n) is 6.24. The monoisotopic (exact) mass is 238 g/mol. The van der Waals surface area contributed by atoms with Gasteiger partial charge in [0.15, 0.2) is 0 Å². The molecule has 0 fully saturated rings. The zero-order valence-electron chi connectivity index (χ0n) is 11.2. The minimum absolute atomic E-state index is 0.646. The molecule has 0 aliphatic heterocycles. The summed E-state index contributed by atoms with van der Waals surface area (Å²) in [5.41, 5.74) is 1.03. The van der Waals surface area contributed by atoms with Gasteiger partial charge in [0, 0.05) is 5.69 Å². The van der Waals surface area contributed by atoms with Crippen LogP contribution < -0.4 is 0 Å². The Morgan fingerprint density at radius 3 is 2.18 bits per heavy atom. The van der Waals surface area contributed by atoms with E-state index >= 15 is 0 Å². The highest BCUT2D eigenvalue weighted by atomic mass is 16.4. The van der Waals surface area contributed by atoms with Gasteiger partial charge in [-0.1, -0.05) is 26.7 Å². The third-order valence-corrected chi connectivity index (χ3v) is 3.44. The lowest BCUT2D eigenvalue weighted by molar-refractivity contribution is -0.148. The van der Waals surface area contributed by atoms with Crippen molar-refractivity contribution in [3.05, 3.63) is 17.7 Å². The molecule has 1 aromatic heterocycles. The van der Waals surface area contributed by atoms with Crippen molar-refractivity contribution < 1.29 is 9.90 Å². The van der Waals surface area contributed by atoms with Crippen LogP contribution in [0.15, 0.2) is 6.33 Å². The van der Waals surface area contributed by atoms with Crippen LogP contribution in [0.1, 0.15) is 50.9 Å². The molecule has 0 aliphatic rings. The van der Waals surface area contributed by atoms with E-state index < -0.39 is 11.5 Å². The van der Waals surface area contributed by atoms with Crippen LogP contribution in [0.5, 0.6) is 0 Å². The number of imidazole rings is 1. The van der Waals surface area contributed by atoms with Gasteiger partial charge in [-0.05, 0) is 26.7 Å². The standard InChI is InChI=1S/C13H22N2O2/c1-5-7-13(8-6-2,12(16)17)15-9-14-10(3)11(15)4/h9H,5-8H2,1-4H3,(H,16,17). The molecule has 4 nitrogen and oxygen atoms in total. The van der Waals surface area contributed by atoms with Crippen molar-refractivity contribution in [2.24, 2.45) is 0 Å². The van der Waals surface area contributed by atoms with E-state index in [9.17, 15) is 9.90 Å². The topological polar surface area (TPSA) is 55.1 Å². The summed E-state index contributed by atoms with van der Waals surface area (Å²) in [6.07, 6.45) is 4.66. The average Bonchev–Trinajstić information content (AvgIpc) is 2.59. The lowest BCUT2D eigenvalue weighted by atomic mass is 9.88. The fourth-order valence-corrected chi connectivity index (χ4v) is 2.44. The zero-order chi connectivity index (χ0) is 13.1. The van der Waals surface area contributed by atoms with Gasteiger partial charge in [0.25, 0.3) is 0 Å². The van der Waals surface area contributed by atoms with Gasteiger partial charge >= 0.3 is 5.97 Å². The van der Waals surface area contributed by atoms with Gasteiger partial charge in [-0.15, -0.1) is 0 Å². The van der Waals surface area contributed by atoms with Gasteiger partial charge in [0.2, 0.25) is 0 Å². The third-order valence-electron chi connectivity index (χ3n) is 3.44. The van der Waals surface area contributed by atoms with Crippen LogP contribution in [0.3, 0.4) is 0 Å². The second kappa shape index (κ2) is 5.34. The molecule has 0 unspecified atom stereocenters. The van der Waals surface area contributed by atoms with Crippen LogP contribution >= 0.6 is 0 Å². The Bertz CT molecular complexity index is 390. The Morgan fingerprint density at radius 1 is 1.35 bits per heavy atom. The van der Waals surface area contributed by atoms with E-state index in [0.29, 0.717) is 12.8 Å². The SMILES string of the molecule is CCCC(CCC)(C(=O)O)n1cnc(C)c1C. The summed E-state index contributed by atoms with van der Waals surface area (Å²) in [6, 6.07) is 0. The van der Waals surface area contributed by atoms with E-state index in [1.54, 1.807) is 6.33 Å². The first kappa shape index (κ1) is 13.7. The number of hydrogen-bond acceptors (Lipinski definition) is 2. The van der Waals surface area contributed by atoms with Gasteiger partial charge in [-0.2, -0.15) is 0 Å². The van der Waals surface area contributed by atoms with Crippen molar-refractivity contribution in [1.82, 2.24) is 9.55 Å². The first-order chi connectivity index (χ1) is 7.99. The molecule has 0 spiro atoms. The summed E-state index contributed by atoms with van der Waals surface area (Å²) in [7, 11) is 0. The van der Waals surface area contributed by atoms with Crippen molar-refractivity contribution in [3.63, 3.8) is 0 Å². The molecular weight excluding hydrogens is 216 g/mol. The second-order valence-corrected chi connectivity index (χ2v) is 4.62. The minimum atomic E-state index is -0.825. The van der Waals surface area contributed by atoms with E-state index in [4.69, 9.17) is 0 Å². The minimum Gasteiger partial charge on any atom is -0.479 e. The predicted molar refractivity (Wildman–Crippen MR) is 67.1 cm³/mol. The predicted octanol–water partition coefficient (Wildman–Crippen LogP) is 2.88. The van der Waals surface area contributed by atoms with Crippen LogP contribution in [-0.2, 0) is 10.3 Å². The molecule has 0 amide bonds. The number of aliphatic carboxylic acids is 1. The average molecular weight is 238 g/mol. The van der Waals surface area contributed by atoms with Crippen molar-refractivity contribution in [2.75, 3.05) is 0 Å². The number of carboxylic acid groups (broad SMARTS) is 1. The van der Waals surface area contributed by atoms with Crippen molar-refractivity contribution in [1.29, 1.82) is 0 Å². The van der Waals surface area contributed by atoms with E-state index in [1.807, 2.05) is 32.3 Å². The zero-order valence-corrected chi connectivity index (χ0v) is 11.2. The third kappa shape index (κ3) is 2.35. The van der Waals surface area contributed by atoms with Gasteiger partial charge in [0.1, 0.15) is 5.54 Å². The number of rotatable bonds is 6. The highest BCUT2D eigenvalue weighted by Gasteiger charge is 2.39. The summed E-state index contributed by atoms with van der Waals surface area (Å²) in [5, 5.41) is 9.62. The van der Waals surface area contributed by atoms with Gasteiger partial charge in [0.05, 0.1) is 12.0 Å². The number of aromatic nitrogens is 2. The highest BCUT2D eigenvalue weighted by molar-refractivity contribution is 5.77. The second-order valence-electron chi connectivity index (χ2n) is 4.62. The molecule has 0 radical (unpaired) electrons. The van der Waals surface area contributed by atoms with Crippen LogP contribution in [0.2, 0.25) is 0 Å². The molecule has 0 saturated heterocycles. The molecule has 1 aromatic rings. The molecule has 1 heterocycles. The maximum Gasteiger partial charge on any atom is 0.329 e. The number of hydrogen-bond donors (Lipinski definition) is 1. The molecule has 17 heavy (non-hydrogen) atoms. The molecule has 0 aliphatic carbocycles. The molecular formula is C13H22N2O2. The fraction of sp³-hybridized carbons (Fsp3) is 0.692. The molecule has 4 heteroatoms. The molecule has 0 aromatic carbocycles. The number of carboxylic acids is 1. The van der Waals surface area contributed by atoms with Gasteiger partial charge < -0.3 is 9.67 Å². The summed E-state index contributed by atoms with van der Waals surface area (Å²) in [6.45, 7) is 7.89. The summed E-state index contributed by atoms with van der Waals surface area (Å²) in [4.78, 5) is 15.9. The summed E-state index contributed by atoms with van der Waals surface area (Å²) < 4.78 is 1.84. The van der Waals surface area contributed by atoms with Crippen LogP contribution in [0, 0.1) is 13.8 Å². The normalized spacial score (nSPS) is 11.8. The smallest absolute Gasteiger partial charge is 0.329 e. The number of nitrogens with zero attached hydrogens (tertiary/aromatic N) is 2. The van der Waals surface area contributed by atoms with Gasteiger partial charge in [-0.25, -0.2) is 9.78 Å². The molecule has 0 atom stereocenters.